The average molecular weight is 266 g/mol. The van der Waals surface area contributed by atoms with Crippen LogP contribution in [0.3, 0.4) is 0 Å². The summed E-state index contributed by atoms with van der Waals surface area (Å²) in [6, 6.07) is 13.5. The summed E-state index contributed by atoms with van der Waals surface area (Å²) in [5.41, 5.74) is 6.82. The number of aryl methyl sites for hydroxylation is 4. The van der Waals surface area contributed by atoms with Crippen molar-refractivity contribution in [3.8, 4) is 10.4 Å². The predicted molar refractivity (Wildman–Crippen MR) is 86.2 cm³/mol. The van der Waals surface area contributed by atoms with Crippen molar-refractivity contribution in [1.29, 1.82) is 0 Å². The quantitative estimate of drug-likeness (QED) is 0.522. The zero-order chi connectivity index (χ0) is 13.6. The molecule has 2 aromatic carbocycles. The van der Waals surface area contributed by atoms with Gasteiger partial charge in [0.2, 0.25) is 0 Å². The molecule has 0 fully saturated rings. The fraction of sp³-hybridized carbons (Fsp3) is 0.222. The maximum absolute atomic E-state index is 2.29. The molecule has 3 aromatic rings. The van der Waals surface area contributed by atoms with E-state index in [0.29, 0.717) is 0 Å². The predicted octanol–water partition coefficient (Wildman–Crippen LogP) is 5.80. The lowest BCUT2D eigenvalue weighted by Gasteiger charge is -2.06. The molecule has 0 N–H and O–H groups in total. The van der Waals surface area contributed by atoms with Gasteiger partial charge in [0.05, 0.1) is 0 Å². The van der Waals surface area contributed by atoms with Gasteiger partial charge in [0.25, 0.3) is 0 Å². The number of hydrogen-bond acceptors (Lipinski definition) is 1. The minimum absolute atomic E-state index is 1.33. The molecule has 0 unspecified atom stereocenters. The van der Waals surface area contributed by atoms with E-state index in [1.54, 1.807) is 0 Å². The van der Waals surface area contributed by atoms with Crippen LogP contribution >= 0.6 is 11.3 Å². The molecule has 0 atom stereocenters. The lowest BCUT2D eigenvalue weighted by Crippen LogP contribution is -1.83. The van der Waals surface area contributed by atoms with Gasteiger partial charge in [-0.05, 0) is 61.4 Å². The average Bonchev–Trinajstić information content (AvgIpc) is 2.66. The first-order valence-corrected chi connectivity index (χ1v) is 7.45. The first-order chi connectivity index (χ1) is 9.06. The lowest BCUT2D eigenvalue weighted by atomic mass is 10.0. The van der Waals surface area contributed by atoms with Crippen LogP contribution in [0.2, 0.25) is 0 Å². The molecule has 0 nitrogen and oxygen atoms in total. The van der Waals surface area contributed by atoms with Crippen molar-refractivity contribution in [3.05, 3.63) is 58.7 Å². The van der Waals surface area contributed by atoms with E-state index in [1.807, 2.05) is 11.3 Å². The third-order valence-corrected chi connectivity index (χ3v) is 5.01. The third-order valence-electron chi connectivity index (χ3n) is 3.72. The minimum Gasteiger partial charge on any atom is -0.135 e. The first kappa shape index (κ1) is 12.4. The zero-order valence-corrected chi connectivity index (χ0v) is 12.7. The fourth-order valence-corrected chi connectivity index (χ4v) is 4.06. The van der Waals surface area contributed by atoms with Crippen molar-refractivity contribution in [2.24, 2.45) is 0 Å². The molecule has 0 aliphatic carbocycles. The summed E-state index contributed by atoms with van der Waals surface area (Å²) in [6.07, 6.45) is 0. The molecule has 96 valence electrons. The van der Waals surface area contributed by atoms with Crippen molar-refractivity contribution < 1.29 is 0 Å². The van der Waals surface area contributed by atoms with E-state index in [0.717, 1.165) is 0 Å². The highest BCUT2D eigenvalue weighted by Gasteiger charge is 2.12. The van der Waals surface area contributed by atoms with E-state index in [1.165, 1.54) is 42.8 Å². The van der Waals surface area contributed by atoms with Crippen molar-refractivity contribution in [1.82, 2.24) is 0 Å². The van der Waals surface area contributed by atoms with Crippen LogP contribution in [-0.2, 0) is 0 Å². The topological polar surface area (TPSA) is 0 Å². The molecule has 0 radical (unpaired) electrons. The van der Waals surface area contributed by atoms with Crippen LogP contribution < -0.4 is 0 Å². The normalized spacial score (nSPS) is 11.2. The highest BCUT2D eigenvalue weighted by Crippen LogP contribution is 2.39. The Morgan fingerprint density at radius 1 is 0.789 bits per heavy atom. The summed E-state index contributed by atoms with van der Waals surface area (Å²) in [4.78, 5) is 1.41. The van der Waals surface area contributed by atoms with E-state index in [-0.39, 0.29) is 0 Å². The number of benzene rings is 2. The summed E-state index contributed by atoms with van der Waals surface area (Å²) in [5, 5.41) is 1.39. The number of rotatable bonds is 1. The largest absolute Gasteiger partial charge is 0.135 e. The highest BCUT2D eigenvalue weighted by atomic mass is 32.1. The third kappa shape index (κ3) is 2.08. The number of fused-ring (bicyclic) bond motifs is 1. The van der Waals surface area contributed by atoms with E-state index < -0.39 is 0 Å². The van der Waals surface area contributed by atoms with Gasteiger partial charge in [-0.25, -0.2) is 0 Å². The van der Waals surface area contributed by atoms with Gasteiger partial charge >= 0.3 is 0 Å². The second-order valence-electron chi connectivity index (χ2n) is 5.37. The molecule has 0 aliphatic heterocycles. The van der Waals surface area contributed by atoms with Crippen LogP contribution in [0.25, 0.3) is 20.5 Å². The molecule has 0 bridgehead atoms. The van der Waals surface area contributed by atoms with Gasteiger partial charge in [-0.1, -0.05) is 35.9 Å². The van der Waals surface area contributed by atoms with Crippen molar-refractivity contribution >= 4 is 21.4 Å². The second-order valence-corrected chi connectivity index (χ2v) is 6.43. The summed E-state index contributed by atoms with van der Waals surface area (Å²) >= 11 is 1.91. The van der Waals surface area contributed by atoms with Gasteiger partial charge in [0.15, 0.2) is 0 Å². The Morgan fingerprint density at radius 3 is 2.21 bits per heavy atom. The van der Waals surface area contributed by atoms with Crippen molar-refractivity contribution in [3.63, 3.8) is 0 Å². The molecular formula is C18H18S. The standard InChI is InChI=1S/C18H18S/c1-11-5-7-15(13(3)9-11)18-14(4)16-8-6-12(2)10-17(16)19-18/h5-10H,1-4H3. The molecule has 1 aromatic heterocycles. The molecule has 19 heavy (non-hydrogen) atoms. The smallest absolute Gasteiger partial charge is 0.0387 e. The maximum Gasteiger partial charge on any atom is 0.0387 e. The number of hydrogen-bond donors (Lipinski definition) is 0. The Bertz CT molecular complexity index is 763. The minimum atomic E-state index is 1.33. The molecule has 0 spiro atoms. The first-order valence-electron chi connectivity index (χ1n) is 6.63. The van der Waals surface area contributed by atoms with Gasteiger partial charge < -0.3 is 0 Å². The van der Waals surface area contributed by atoms with Gasteiger partial charge in [0, 0.05) is 9.58 Å². The van der Waals surface area contributed by atoms with Gasteiger partial charge in [-0.15, -0.1) is 11.3 Å². The van der Waals surface area contributed by atoms with Gasteiger partial charge in [0.1, 0.15) is 0 Å². The molecule has 0 aliphatic rings. The van der Waals surface area contributed by atoms with E-state index in [4.69, 9.17) is 0 Å². The Kier molecular flexibility index (Phi) is 2.94. The van der Waals surface area contributed by atoms with E-state index in [9.17, 15) is 0 Å². The van der Waals surface area contributed by atoms with E-state index >= 15 is 0 Å². The lowest BCUT2D eigenvalue weighted by molar-refractivity contribution is 1.38. The monoisotopic (exact) mass is 266 g/mol. The maximum atomic E-state index is 2.29. The molecule has 1 heterocycles. The van der Waals surface area contributed by atoms with Crippen molar-refractivity contribution in [2.75, 3.05) is 0 Å². The molecule has 0 amide bonds. The molecule has 3 rings (SSSR count). The van der Waals surface area contributed by atoms with Crippen LogP contribution in [0.5, 0.6) is 0 Å². The van der Waals surface area contributed by atoms with Gasteiger partial charge in [-0.3, -0.25) is 0 Å². The zero-order valence-electron chi connectivity index (χ0n) is 11.9. The molecule has 1 heteroatoms. The Hall–Kier alpha value is -1.60. The summed E-state index contributed by atoms with van der Waals surface area (Å²) < 4.78 is 1.40. The van der Waals surface area contributed by atoms with Gasteiger partial charge in [-0.2, -0.15) is 0 Å². The Balaban J connectivity index is 2.27. The van der Waals surface area contributed by atoms with Crippen LogP contribution in [0, 0.1) is 27.7 Å². The SMILES string of the molecule is Cc1ccc(-c2sc3cc(C)ccc3c2C)c(C)c1. The van der Waals surface area contributed by atoms with Crippen LogP contribution in [0.4, 0.5) is 0 Å². The molecule has 0 saturated carbocycles. The fourth-order valence-electron chi connectivity index (χ4n) is 2.66. The number of thiophene rings is 1. The highest BCUT2D eigenvalue weighted by molar-refractivity contribution is 7.22. The van der Waals surface area contributed by atoms with Crippen LogP contribution in [0.15, 0.2) is 36.4 Å². The summed E-state index contributed by atoms with van der Waals surface area (Å²) in [6.45, 7) is 8.75. The Labute approximate surface area is 118 Å². The van der Waals surface area contributed by atoms with Crippen molar-refractivity contribution in [2.45, 2.75) is 27.7 Å². The molecular weight excluding hydrogens is 248 g/mol. The summed E-state index contributed by atoms with van der Waals surface area (Å²) in [7, 11) is 0. The Morgan fingerprint density at radius 2 is 1.47 bits per heavy atom. The summed E-state index contributed by atoms with van der Waals surface area (Å²) in [5.74, 6) is 0. The molecule has 0 saturated heterocycles. The van der Waals surface area contributed by atoms with E-state index in [2.05, 4.69) is 64.1 Å². The second kappa shape index (κ2) is 4.50. The van der Waals surface area contributed by atoms with Crippen LogP contribution in [0.1, 0.15) is 22.3 Å². The van der Waals surface area contributed by atoms with Crippen LogP contribution in [-0.4, -0.2) is 0 Å².